The van der Waals surface area contributed by atoms with Crippen molar-refractivity contribution in [2.45, 2.75) is 53.1 Å². The van der Waals surface area contributed by atoms with E-state index in [1.165, 1.54) is 11.3 Å². The van der Waals surface area contributed by atoms with Crippen molar-refractivity contribution in [3.05, 3.63) is 29.8 Å². The van der Waals surface area contributed by atoms with E-state index in [1.54, 1.807) is 0 Å². The summed E-state index contributed by atoms with van der Waals surface area (Å²) in [4.78, 5) is 16.9. The van der Waals surface area contributed by atoms with Gasteiger partial charge in [-0.15, -0.1) is 0 Å². The number of nitrogens with zero attached hydrogens (tertiary/aromatic N) is 2. The number of hydrogen-bond donors (Lipinski definition) is 1. The zero-order valence-corrected chi connectivity index (χ0v) is 15.7. The van der Waals surface area contributed by atoms with E-state index < -0.39 is 0 Å². The molecule has 0 spiro atoms. The molecule has 1 N–H and O–H groups in total. The molecule has 1 aliphatic heterocycles. The smallest absolute Gasteiger partial charge is 0.223 e. The maximum Gasteiger partial charge on any atom is 0.223 e. The summed E-state index contributed by atoms with van der Waals surface area (Å²) in [6.45, 7) is 13.5. The van der Waals surface area contributed by atoms with Gasteiger partial charge in [0.15, 0.2) is 0 Å². The second-order valence-electron chi connectivity index (χ2n) is 7.05. The summed E-state index contributed by atoms with van der Waals surface area (Å²) in [6.07, 6.45) is 1.94. The van der Waals surface area contributed by atoms with Gasteiger partial charge in [-0.3, -0.25) is 9.69 Å². The molecule has 0 radical (unpaired) electrons. The summed E-state index contributed by atoms with van der Waals surface area (Å²) in [5, 5.41) is 3.04. The topological polar surface area (TPSA) is 35.6 Å². The van der Waals surface area contributed by atoms with Gasteiger partial charge < -0.3 is 10.2 Å². The third kappa shape index (κ3) is 5.23. The van der Waals surface area contributed by atoms with Crippen LogP contribution in [0.15, 0.2) is 24.3 Å². The molecule has 0 saturated carbocycles. The van der Waals surface area contributed by atoms with E-state index in [0.717, 1.165) is 45.6 Å². The summed E-state index contributed by atoms with van der Waals surface area (Å²) in [6, 6.07) is 9.17. The first kappa shape index (κ1) is 18.8. The maximum atomic E-state index is 12.1. The van der Waals surface area contributed by atoms with Gasteiger partial charge in [0.25, 0.3) is 0 Å². The molecule has 0 aliphatic carbocycles. The molecule has 1 aromatic rings. The minimum atomic E-state index is 0.189. The number of carbonyl (C=O) groups is 1. The SMILES string of the molecule is CCN(CC)c1ccc(CN2CCC(C(=O)NC(C)C)CC2)cc1. The summed E-state index contributed by atoms with van der Waals surface area (Å²) in [7, 11) is 0. The quantitative estimate of drug-likeness (QED) is 0.833. The number of benzene rings is 1. The first-order chi connectivity index (χ1) is 11.5. The van der Waals surface area contributed by atoms with Crippen LogP contribution in [0.2, 0.25) is 0 Å². The van der Waals surface area contributed by atoms with Crippen molar-refractivity contribution in [1.29, 1.82) is 0 Å². The molecule has 1 fully saturated rings. The number of hydrogen-bond acceptors (Lipinski definition) is 3. The summed E-state index contributed by atoms with van der Waals surface area (Å²) < 4.78 is 0. The number of carbonyl (C=O) groups excluding carboxylic acids is 1. The lowest BCUT2D eigenvalue weighted by Gasteiger charge is -2.31. The van der Waals surface area contributed by atoms with Gasteiger partial charge in [0.05, 0.1) is 0 Å². The first-order valence-electron chi connectivity index (χ1n) is 9.40. The number of amides is 1. The van der Waals surface area contributed by atoms with E-state index in [4.69, 9.17) is 0 Å². The predicted octanol–water partition coefficient (Wildman–Crippen LogP) is 3.27. The van der Waals surface area contributed by atoms with Crippen LogP contribution in [-0.2, 0) is 11.3 Å². The first-order valence-corrected chi connectivity index (χ1v) is 9.40. The molecule has 1 saturated heterocycles. The van der Waals surface area contributed by atoms with Crippen LogP contribution in [0.4, 0.5) is 5.69 Å². The second-order valence-corrected chi connectivity index (χ2v) is 7.05. The van der Waals surface area contributed by atoms with Crippen molar-refractivity contribution in [2.75, 3.05) is 31.1 Å². The highest BCUT2D eigenvalue weighted by molar-refractivity contribution is 5.78. The van der Waals surface area contributed by atoms with E-state index in [9.17, 15) is 4.79 Å². The Morgan fingerprint density at radius 1 is 1.17 bits per heavy atom. The average molecular weight is 332 g/mol. The molecule has 0 bridgehead atoms. The fourth-order valence-electron chi connectivity index (χ4n) is 3.41. The van der Waals surface area contributed by atoms with Crippen LogP contribution < -0.4 is 10.2 Å². The Balaban J connectivity index is 1.82. The molecule has 0 aromatic heterocycles. The third-order valence-corrected chi connectivity index (χ3v) is 4.86. The summed E-state index contributed by atoms with van der Waals surface area (Å²) in [5.74, 6) is 0.418. The summed E-state index contributed by atoms with van der Waals surface area (Å²) in [5.41, 5.74) is 2.66. The zero-order chi connectivity index (χ0) is 17.5. The van der Waals surface area contributed by atoms with E-state index in [2.05, 4.69) is 53.2 Å². The lowest BCUT2D eigenvalue weighted by molar-refractivity contribution is -0.127. The van der Waals surface area contributed by atoms with E-state index >= 15 is 0 Å². The normalized spacial score (nSPS) is 16.4. The number of likely N-dealkylation sites (tertiary alicyclic amines) is 1. The molecule has 0 atom stereocenters. The lowest BCUT2D eigenvalue weighted by atomic mass is 9.95. The van der Waals surface area contributed by atoms with E-state index in [-0.39, 0.29) is 17.9 Å². The minimum absolute atomic E-state index is 0.189. The van der Waals surface area contributed by atoms with Crippen molar-refractivity contribution >= 4 is 11.6 Å². The Morgan fingerprint density at radius 2 is 1.75 bits per heavy atom. The second kappa shape index (κ2) is 9.07. The Bertz CT molecular complexity index is 500. The fraction of sp³-hybridized carbons (Fsp3) is 0.650. The van der Waals surface area contributed by atoms with Crippen molar-refractivity contribution in [3.63, 3.8) is 0 Å². The fourth-order valence-corrected chi connectivity index (χ4v) is 3.41. The van der Waals surface area contributed by atoms with Crippen LogP contribution >= 0.6 is 0 Å². The zero-order valence-electron chi connectivity index (χ0n) is 15.7. The number of piperidine rings is 1. The number of anilines is 1. The van der Waals surface area contributed by atoms with Gasteiger partial charge in [0.1, 0.15) is 0 Å². The van der Waals surface area contributed by atoms with Gasteiger partial charge in [-0.2, -0.15) is 0 Å². The van der Waals surface area contributed by atoms with E-state index in [1.807, 2.05) is 13.8 Å². The van der Waals surface area contributed by atoms with Crippen LogP contribution in [0.5, 0.6) is 0 Å². The van der Waals surface area contributed by atoms with Crippen molar-refractivity contribution in [1.82, 2.24) is 10.2 Å². The molecule has 24 heavy (non-hydrogen) atoms. The molecule has 1 aromatic carbocycles. The van der Waals surface area contributed by atoms with Crippen LogP contribution in [0.1, 0.15) is 46.1 Å². The average Bonchev–Trinajstić information content (AvgIpc) is 2.57. The van der Waals surface area contributed by atoms with Crippen LogP contribution in [0, 0.1) is 5.92 Å². The molecule has 1 heterocycles. The molecule has 4 heteroatoms. The van der Waals surface area contributed by atoms with Crippen molar-refractivity contribution in [3.8, 4) is 0 Å². The summed E-state index contributed by atoms with van der Waals surface area (Å²) >= 11 is 0. The lowest BCUT2D eigenvalue weighted by Crippen LogP contribution is -2.42. The Hall–Kier alpha value is -1.55. The van der Waals surface area contributed by atoms with Crippen molar-refractivity contribution < 1.29 is 4.79 Å². The van der Waals surface area contributed by atoms with E-state index in [0.29, 0.717) is 0 Å². The molecule has 4 nitrogen and oxygen atoms in total. The van der Waals surface area contributed by atoms with Gasteiger partial charge in [-0.25, -0.2) is 0 Å². The molecular formula is C20H33N3O. The van der Waals surface area contributed by atoms with Crippen molar-refractivity contribution in [2.24, 2.45) is 5.92 Å². The standard InChI is InChI=1S/C20H33N3O/c1-5-23(6-2)19-9-7-17(8-10-19)15-22-13-11-18(12-14-22)20(24)21-16(3)4/h7-10,16,18H,5-6,11-15H2,1-4H3,(H,21,24). The highest BCUT2D eigenvalue weighted by Crippen LogP contribution is 2.21. The van der Waals surface area contributed by atoms with Crippen LogP contribution in [0.25, 0.3) is 0 Å². The monoisotopic (exact) mass is 331 g/mol. The number of nitrogens with one attached hydrogen (secondary N) is 1. The van der Waals surface area contributed by atoms with Gasteiger partial charge in [0.2, 0.25) is 5.91 Å². The van der Waals surface area contributed by atoms with Gasteiger partial charge in [-0.05, 0) is 71.3 Å². The predicted molar refractivity (Wildman–Crippen MR) is 101 cm³/mol. The minimum Gasteiger partial charge on any atom is -0.372 e. The van der Waals surface area contributed by atoms with Gasteiger partial charge in [-0.1, -0.05) is 12.1 Å². The Morgan fingerprint density at radius 3 is 2.25 bits per heavy atom. The molecule has 134 valence electrons. The molecular weight excluding hydrogens is 298 g/mol. The van der Waals surface area contributed by atoms with Crippen LogP contribution in [0.3, 0.4) is 0 Å². The third-order valence-electron chi connectivity index (χ3n) is 4.86. The molecule has 1 aliphatic rings. The maximum absolute atomic E-state index is 12.1. The number of rotatable bonds is 7. The largest absolute Gasteiger partial charge is 0.372 e. The Kier molecular flexibility index (Phi) is 7.10. The van der Waals surface area contributed by atoms with Crippen LogP contribution in [-0.4, -0.2) is 43.0 Å². The Labute approximate surface area is 147 Å². The molecule has 2 rings (SSSR count). The molecule has 1 amide bonds. The highest BCUT2D eigenvalue weighted by Gasteiger charge is 2.25. The van der Waals surface area contributed by atoms with Gasteiger partial charge >= 0.3 is 0 Å². The highest BCUT2D eigenvalue weighted by atomic mass is 16.1. The molecule has 0 unspecified atom stereocenters. The van der Waals surface area contributed by atoms with Gasteiger partial charge in [0, 0.05) is 37.3 Å².